The van der Waals surface area contributed by atoms with Crippen LogP contribution in [-0.2, 0) is 22.2 Å². The molecular formula is C15H17F3N2O2. The maximum Gasteiger partial charge on any atom is 0.416 e. The van der Waals surface area contributed by atoms with Gasteiger partial charge in [-0.05, 0) is 24.5 Å². The van der Waals surface area contributed by atoms with E-state index in [0.717, 1.165) is 12.1 Å². The number of nitrogens with one attached hydrogen (secondary N) is 1. The van der Waals surface area contributed by atoms with Crippen LogP contribution in [-0.4, -0.2) is 17.9 Å². The van der Waals surface area contributed by atoms with E-state index >= 15 is 0 Å². The Morgan fingerprint density at radius 1 is 1.36 bits per heavy atom. The molecule has 1 rings (SSSR count). The number of hydrogen-bond donors (Lipinski definition) is 2. The third-order valence-electron chi connectivity index (χ3n) is 2.96. The monoisotopic (exact) mass is 314 g/mol. The predicted molar refractivity (Wildman–Crippen MR) is 75.7 cm³/mol. The number of nitrogens with two attached hydrogens (primary N) is 1. The van der Waals surface area contributed by atoms with Crippen molar-refractivity contribution in [2.24, 2.45) is 5.73 Å². The van der Waals surface area contributed by atoms with Crippen LogP contribution in [0.4, 0.5) is 13.2 Å². The second kappa shape index (κ2) is 7.63. The lowest BCUT2D eigenvalue weighted by atomic mass is 10.1. The number of primary amides is 1. The van der Waals surface area contributed by atoms with Crippen molar-refractivity contribution in [1.82, 2.24) is 5.32 Å². The van der Waals surface area contributed by atoms with Gasteiger partial charge in [-0.15, -0.1) is 6.58 Å². The van der Waals surface area contributed by atoms with E-state index in [4.69, 9.17) is 5.73 Å². The number of halogens is 3. The van der Waals surface area contributed by atoms with Crippen molar-refractivity contribution in [2.45, 2.75) is 31.5 Å². The minimum absolute atomic E-state index is 0.208. The SMILES string of the molecule is C=CCC[C@@H](NC(=O)Cc1cccc(C(F)(F)F)c1)C(N)=O. The van der Waals surface area contributed by atoms with Gasteiger partial charge in [0.2, 0.25) is 11.8 Å². The van der Waals surface area contributed by atoms with E-state index in [1.807, 2.05) is 0 Å². The van der Waals surface area contributed by atoms with E-state index in [9.17, 15) is 22.8 Å². The number of rotatable bonds is 7. The summed E-state index contributed by atoms with van der Waals surface area (Å²) >= 11 is 0. The highest BCUT2D eigenvalue weighted by molar-refractivity contribution is 5.87. The molecule has 7 heteroatoms. The molecule has 0 aliphatic rings. The van der Waals surface area contributed by atoms with Crippen molar-refractivity contribution in [3.05, 3.63) is 48.0 Å². The van der Waals surface area contributed by atoms with Gasteiger partial charge >= 0.3 is 6.18 Å². The molecule has 1 aromatic rings. The van der Waals surface area contributed by atoms with Gasteiger partial charge in [0.05, 0.1) is 12.0 Å². The molecule has 0 aliphatic heterocycles. The zero-order chi connectivity index (χ0) is 16.8. The smallest absolute Gasteiger partial charge is 0.368 e. The van der Waals surface area contributed by atoms with E-state index in [1.54, 1.807) is 6.08 Å². The first-order chi connectivity index (χ1) is 10.2. The molecule has 0 bridgehead atoms. The van der Waals surface area contributed by atoms with Crippen LogP contribution in [0.3, 0.4) is 0 Å². The highest BCUT2D eigenvalue weighted by Crippen LogP contribution is 2.29. The van der Waals surface area contributed by atoms with Gasteiger partial charge in [-0.25, -0.2) is 0 Å². The predicted octanol–water partition coefficient (Wildman–Crippen LogP) is 2.18. The molecule has 120 valence electrons. The molecular weight excluding hydrogens is 297 g/mol. The summed E-state index contributed by atoms with van der Waals surface area (Å²) in [6.45, 7) is 3.50. The van der Waals surface area contributed by atoms with Crippen LogP contribution in [0.2, 0.25) is 0 Å². The highest BCUT2D eigenvalue weighted by atomic mass is 19.4. The lowest BCUT2D eigenvalue weighted by molar-refractivity contribution is -0.137. The summed E-state index contributed by atoms with van der Waals surface area (Å²) in [6.07, 6.45) is -2.37. The lowest BCUT2D eigenvalue weighted by Crippen LogP contribution is -2.44. The van der Waals surface area contributed by atoms with Crippen LogP contribution in [0.1, 0.15) is 24.0 Å². The summed E-state index contributed by atoms with van der Waals surface area (Å²) in [5.41, 5.74) is 4.55. The van der Waals surface area contributed by atoms with Crippen LogP contribution in [0.25, 0.3) is 0 Å². The first-order valence-electron chi connectivity index (χ1n) is 6.59. The van der Waals surface area contributed by atoms with Crippen LogP contribution >= 0.6 is 0 Å². The zero-order valence-corrected chi connectivity index (χ0v) is 11.8. The van der Waals surface area contributed by atoms with E-state index in [-0.39, 0.29) is 12.0 Å². The quantitative estimate of drug-likeness (QED) is 0.757. The maximum absolute atomic E-state index is 12.6. The molecule has 0 spiro atoms. The van der Waals surface area contributed by atoms with Crippen molar-refractivity contribution >= 4 is 11.8 Å². The van der Waals surface area contributed by atoms with Gasteiger partial charge in [-0.3, -0.25) is 9.59 Å². The molecule has 0 unspecified atom stereocenters. The molecule has 0 saturated carbocycles. The Hall–Kier alpha value is -2.31. The Kier molecular flexibility index (Phi) is 6.15. The Morgan fingerprint density at radius 2 is 2.05 bits per heavy atom. The molecule has 0 aromatic heterocycles. The fraction of sp³-hybridized carbons (Fsp3) is 0.333. The standard InChI is InChI=1S/C15H17F3N2O2/c1-2-3-7-12(14(19)22)20-13(21)9-10-5-4-6-11(8-10)15(16,17)18/h2,4-6,8,12H,1,3,7,9H2,(H2,19,22)(H,20,21)/t12-/m1/s1. The second-order valence-electron chi connectivity index (χ2n) is 4.76. The van der Waals surface area contributed by atoms with Gasteiger partial charge in [-0.2, -0.15) is 13.2 Å². The number of carbonyl (C=O) groups excluding carboxylic acids is 2. The third kappa shape index (κ3) is 5.59. The number of benzene rings is 1. The van der Waals surface area contributed by atoms with E-state index < -0.39 is 29.6 Å². The summed E-state index contributed by atoms with van der Waals surface area (Å²) in [4.78, 5) is 23.0. The molecule has 2 amide bonds. The van der Waals surface area contributed by atoms with Crippen LogP contribution < -0.4 is 11.1 Å². The van der Waals surface area contributed by atoms with Gasteiger partial charge in [0, 0.05) is 0 Å². The van der Waals surface area contributed by atoms with Crippen molar-refractivity contribution in [2.75, 3.05) is 0 Å². The normalized spacial score (nSPS) is 12.5. The van der Waals surface area contributed by atoms with Gasteiger partial charge in [0.1, 0.15) is 6.04 Å². The van der Waals surface area contributed by atoms with E-state index in [0.29, 0.717) is 12.8 Å². The van der Waals surface area contributed by atoms with Crippen molar-refractivity contribution < 1.29 is 22.8 Å². The number of hydrogen-bond acceptors (Lipinski definition) is 2. The summed E-state index contributed by atoms with van der Waals surface area (Å²) in [6, 6.07) is 3.61. The molecule has 3 N–H and O–H groups in total. The average Bonchev–Trinajstić information content (AvgIpc) is 2.42. The Bertz CT molecular complexity index is 556. The molecule has 0 fully saturated rings. The molecule has 22 heavy (non-hydrogen) atoms. The molecule has 1 atom stereocenters. The summed E-state index contributed by atoms with van der Waals surface area (Å²) in [5.74, 6) is -1.26. The number of allylic oxidation sites excluding steroid dienone is 1. The first kappa shape index (κ1) is 17.7. The topological polar surface area (TPSA) is 72.2 Å². The minimum atomic E-state index is -4.47. The maximum atomic E-state index is 12.6. The fourth-order valence-corrected chi connectivity index (χ4v) is 1.86. The molecule has 0 radical (unpaired) electrons. The Labute approximate surface area is 126 Å². The minimum Gasteiger partial charge on any atom is -0.368 e. The van der Waals surface area contributed by atoms with Crippen LogP contribution in [0, 0.1) is 0 Å². The first-order valence-corrected chi connectivity index (χ1v) is 6.59. The molecule has 0 aliphatic carbocycles. The van der Waals surface area contributed by atoms with Crippen molar-refractivity contribution in [1.29, 1.82) is 0 Å². The van der Waals surface area contributed by atoms with Crippen LogP contribution in [0.5, 0.6) is 0 Å². The largest absolute Gasteiger partial charge is 0.416 e. The zero-order valence-electron chi connectivity index (χ0n) is 11.8. The summed E-state index contributed by atoms with van der Waals surface area (Å²) in [7, 11) is 0. The molecule has 0 heterocycles. The van der Waals surface area contributed by atoms with E-state index in [2.05, 4.69) is 11.9 Å². The second-order valence-corrected chi connectivity index (χ2v) is 4.76. The van der Waals surface area contributed by atoms with E-state index in [1.165, 1.54) is 12.1 Å². The summed E-state index contributed by atoms with van der Waals surface area (Å²) < 4.78 is 37.8. The molecule has 4 nitrogen and oxygen atoms in total. The Balaban J connectivity index is 2.71. The highest BCUT2D eigenvalue weighted by Gasteiger charge is 2.30. The van der Waals surface area contributed by atoms with Gasteiger partial charge in [-0.1, -0.05) is 24.3 Å². The fourth-order valence-electron chi connectivity index (χ4n) is 1.86. The van der Waals surface area contributed by atoms with Crippen molar-refractivity contribution in [3.8, 4) is 0 Å². The van der Waals surface area contributed by atoms with Gasteiger partial charge in [0.25, 0.3) is 0 Å². The molecule has 0 saturated heterocycles. The van der Waals surface area contributed by atoms with Gasteiger partial charge < -0.3 is 11.1 Å². The average molecular weight is 314 g/mol. The third-order valence-corrected chi connectivity index (χ3v) is 2.96. The van der Waals surface area contributed by atoms with Gasteiger partial charge in [0.15, 0.2) is 0 Å². The van der Waals surface area contributed by atoms with Crippen LogP contribution in [0.15, 0.2) is 36.9 Å². The molecule has 1 aromatic carbocycles. The number of carbonyl (C=O) groups is 2. The summed E-state index contributed by atoms with van der Waals surface area (Å²) in [5, 5.41) is 2.42. The lowest BCUT2D eigenvalue weighted by Gasteiger charge is -2.15. The number of amides is 2. The van der Waals surface area contributed by atoms with Crippen molar-refractivity contribution in [3.63, 3.8) is 0 Å². The Morgan fingerprint density at radius 3 is 2.59 bits per heavy atom. The number of alkyl halides is 3.